The number of carbonyl (C=O) groups is 4. The van der Waals surface area contributed by atoms with Crippen LogP contribution in [0.25, 0.3) is 0 Å². The molecule has 3 aromatic rings. The molecule has 0 aliphatic heterocycles. The molecule has 0 aliphatic carbocycles. The molecule has 0 aliphatic rings. The fourth-order valence-corrected chi connectivity index (χ4v) is 4.60. The zero-order valence-electron chi connectivity index (χ0n) is 19.6. The van der Waals surface area contributed by atoms with Crippen LogP contribution >= 0.6 is 24.2 Å². The second-order valence-electron chi connectivity index (χ2n) is 7.98. The van der Waals surface area contributed by atoms with Gasteiger partial charge in [0.2, 0.25) is 16.7 Å². The first kappa shape index (κ1) is 29.3. The highest BCUT2D eigenvalue weighted by Crippen LogP contribution is 2.25. The zero-order valence-corrected chi connectivity index (χ0v) is 21.2. The van der Waals surface area contributed by atoms with E-state index in [9.17, 15) is 29.4 Å². The summed E-state index contributed by atoms with van der Waals surface area (Å²) >= 11 is 0.949. The van der Waals surface area contributed by atoms with Gasteiger partial charge in [0.1, 0.15) is 0 Å². The highest BCUT2D eigenvalue weighted by atomic mass is 35.5. The summed E-state index contributed by atoms with van der Waals surface area (Å²) in [6, 6.07) is 20.6. The second-order valence-corrected chi connectivity index (χ2v) is 9.26. The summed E-state index contributed by atoms with van der Waals surface area (Å²) in [6.07, 6.45) is 2.20. The Morgan fingerprint density at radius 3 is 2.14 bits per heavy atom. The fraction of sp³-hybridized carbons (Fsp3) is 0.192. The van der Waals surface area contributed by atoms with E-state index in [0.717, 1.165) is 17.3 Å². The van der Waals surface area contributed by atoms with Crippen molar-refractivity contribution in [3.8, 4) is 0 Å². The number of hydrogen-bond acceptors (Lipinski definition) is 7. The van der Waals surface area contributed by atoms with E-state index in [1.165, 1.54) is 6.20 Å². The van der Waals surface area contributed by atoms with Crippen molar-refractivity contribution < 1.29 is 29.4 Å². The van der Waals surface area contributed by atoms with E-state index in [2.05, 4.69) is 15.6 Å². The van der Waals surface area contributed by atoms with Crippen LogP contribution in [-0.2, 0) is 20.8 Å². The number of hydrogen-bond donors (Lipinski definition) is 4. The number of halogens is 1. The number of pyridine rings is 1. The quantitative estimate of drug-likeness (QED) is 0.250. The minimum atomic E-state index is -2.29. The van der Waals surface area contributed by atoms with Gasteiger partial charge in [-0.05, 0) is 36.2 Å². The molecule has 1 heterocycles. The number of benzene rings is 2. The summed E-state index contributed by atoms with van der Waals surface area (Å²) in [5.41, 5.74) is -0.709. The van der Waals surface area contributed by atoms with Crippen molar-refractivity contribution in [3.05, 3.63) is 96.3 Å². The number of rotatable bonds is 12. The summed E-state index contributed by atoms with van der Waals surface area (Å²) in [6.45, 7) is 0. The minimum Gasteiger partial charge on any atom is -0.481 e. The molecule has 0 bridgehead atoms. The molecule has 0 saturated carbocycles. The Kier molecular flexibility index (Phi) is 11.1. The van der Waals surface area contributed by atoms with E-state index in [0.29, 0.717) is 17.7 Å². The van der Waals surface area contributed by atoms with Crippen LogP contribution < -0.4 is 10.6 Å². The van der Waals surface area contributed by atoms with Crippen molar-refractivity contribution in [1.29, 1.82) is 0 Å². The number of aliphatic carboxylic acids is 2. The smallest absolute Gasteiger partial charge is 0.351 e. The number of aromatic nitrogens is 1. The van der Waals surface area contributed by atoms with Crippen LogP contribution in [0.3, 0.4) is 0 Å². The molecule has 1 aromatic heterocycles. The Labute approximate surface area is 224 Å². The molecule has 11 heteroatoms. The van der Waals surface area contributed by atoms with Gasteiger partial charge >= 0.3 is 11.9 Å². The molecular weight excluding hydrogens is 518 g/mol. The lowest BCUT2D eigenvalue weighted by Gasteiger charge is -2.31. The topological polar surface area (TPSA) is 146 Å². The van der Waals surface area contributed by atoms with Gasteiger partial charge < -0.3 is 20.8 Å². The molecule has 4 N–H and O–H groups in total. The maximum Gasteiger partial charge on any atom is 0.351 e. The predicted octanol–water partition coefficient (Wildman–Crippen LogP) is 3.86. The average Bonchev–Trinajstić information content (AvgIpc) is 2.85. The molecule has 3 rings (SSSR count). The van der Waals surface area contributed by atoms with Crippen LogP contribution in [0.4, 0.5) is 5.69 Å². The van der Waals surface area contributed by atoms with Crippen molar-refractivity contribution in [1.82, 2.24) is 10.3 Å². The number of carboxylic acid groups (broad SMARTS) is 2. The molecule has 2 atom stereocenters. The van der Waals surface area contributed by atoms with Crippen LogP contribution in [0.15, 0.2) is 85.2 Å². The first-order valence-corrected chi connectivity index (χ1v) is 11.9. The number of thioether (sulfide) groups is 1. The maximum atomic E-state index is 13.1. The van der Waals surface area contributed by atoms with E-state index in [1.54, 1.807) is 48.7 Å². The van der Waals surface area contributed by atoms with Crippen LogP contribution in [0, 0.1) is 0 Å². The van der Waals surface area contributed by atoms with Gasteiger partial charge in [0.25, 0.3) is 0 Å². The number of nitrogens with one attached hydrogen (secondary N) is 2. The van der Waals surface area contributed by atoms with Gasteiger partial charge in [-0.3, -0.25) is 19.4 Å². The first-order chi connectivity index (χ1) is 17.3. The molecule has 0 saturated heterocycles. The van der Waals surface area contributed by atoms with Crippen molar-refractivity contribution in [2.45, 2.75) is 30.2 Å². The predicted molar refractivity (Wildman–Crippen MR) is 143 cm³/mol. The Hall–Kier alpha value is -3.89. The lowest BCUT2D eigenvalue weighted by Crippen LogP contribution is -2.61. The van der Waals surface area contributed by atoms with E-state index >= 15 is 0 Å². The monoisotopic (exact) mass is 543 g/mol. The Bertz CT molecular complexity index is 1200. The fourth-order valence-electron chi connectivity index (χ4n) is 3.53. The van der Waals surface area contributed by atoms with Gasteiger partial charge in [-0.1, -0.05) is 60.3 Å². The first-order valence-electron chi connectivity index (χ1n) is 11.0. The van der Waals surface area contributed by atoms with Gasteiger partial charge in [-0.15, -0.1) is 12.4 Å². The van der Waals surface area contributed by atoms with Crippen LogP contribution in [-0.4, -0.2) is 49.1 Å². The highest BCUT2D eigenvalue weighted by Gasteiger charge is 2.43. The van der Waals surface area contributed by atoms with Crippen LogP contribution in [0.1, 0.15) is 28.8 Å². The van der Waals surface area contributed by atoms with E-state index in [-0.39, 0.29) is 23.9 Å². The number of para-hydroxylation sites is 1. The molecule has 2 aromatic carbocycles. The van der Waals surface area contributed by atoms with E-state index in [1.807, 2.05) is 30.3 Å². The number of amides is 1. The number of anilines is 1. The summed E-state index contributed by atoms with van der Waals surface area (Å²) in [7, 11) is 0. The van der Waals surface area contributed by atoms with E-state index < -0.39 is 35.2 Å². The molecule has 0 fully saturated rings. The molecule has 194 valence electrons. The van der Waals surface area contributed by atoms with Crippen molar-refractivity contribution in [2.24, 2.45) is 0 Å². The molecule has 9 nitrogen and oxygen atoms in total. The standard InChI is InChI=1S/C26H25N3O6S.ClH/c30-22(29-26(25(34)35,16-23(31)32)28-20-11-5-2-6-12-20)15-21(14-18-8-3-1-4-9-18)36-24(33)19-10-7-13-27-17-19;/h1-13,17,21,28H,14-16H2,(H,29,30)(H,31,32)(H,34,35);1H/t21?,26-;/m0./s1. The molecule has 1 amide bonds. The Morgan fingerprint density at radius 1 is 0.919 bits per heavy atom. The second kappa shape index (κ2) is 14.0. The van der Waals surface area contributed by atoms with Gasteiger partial charge in [-0.2, -0.15) is 0 Å². The van der Waals surface area contributed by atoms with Crippen molar-refractivity contribution >= 4 is 52.8 Å². The molecule has 0 spiro atoms. The third kappa shape index (κ3) is 8.93. The normalized spacial score (nSPS) is 12.8. The minimum absolute atomic E-state index is 0. The van der Waals surface area contributed by atoms with Crippen LogP contribution in [0.5, 0.6) is 0 Å². The van der Waals surface area contributed by atoms with Crippen molar-refractivity contribution in [3.63, 3.8) is 0 Å². The Balaban J connectivity index is 0.00000481. The van der Waals surface area contributed by atoms with Gasteiger partial charge in [0.05, 0.1) is 6.42 Å². The maximum absolute atomic E-state index is 13.1. The average molecular weight is 544 g/mol. The lowest BCUT2D eigenvalue weighted by atomic mass is 10.0. The molecular formula is C26H26ClN3O6S. The largest absolute Gasteiger partial charge is 0.481 e. The van der Waals surface area contributed by atoms with Gasteiger partial charge in [0.15, 0.2) is 0 Å². The summed E-state index contributed by atoms with van der Waals surface area (Å²) in [5.74, 6) is -3.68. The van der Waals surface area contributed by atoms with Gasteiger partial charge in [0, 0.05) is 35.3 Å². The highest BCUT2D eigenvalue weighted by molar-refractivity contribution is 8.14. The summed E-state index contributed by atoms with van der Waals surface area (Å²) in [4.78, 5) is 53.7. The number of carboxylic acids is 2. The molecule has 0 radical (unpaired) electrons. The van der Waals surface area contributed by atoms with Crippen molar-refractivity contribution in [2.75, 3.05) is 5.32 Å². The van der Waals surface area contributed by atoms with Crippen LogP contribution in [0.2, 0.25) is 0 Å². The lowest BCUT2D eigenvalue weighted by molar-refractivity contribution is -0.151. The number of carbonyl (C=O) groups excluding carboxylic acids is 2. The zero-order chi connectivity index (χ0) is 26.0. The van der Waals surface area contributed by atoms with Gasteiger partial charge in [-0.25, -0.2) is 4.79 Å². The number of nitrogens with zero attached hydrogens (tertiary/aromatic N) is 1. The molecule has 1 unspecified atom stereocenters. The molecule has 37 heavy (non-hydrogen) atoms. The SMILES string of the molecule is Cl.O=C(O)C[C@@](NC(=O)CC(Cc1ccccc1)SC(=O)c1cccnc1)(Nc1ccccc1)C(=O)O. The third-order valence-electron chi connectivity index (χ3n) is 5.16. The summed E-state index contributed by atoms with van der Waals surface area (Å²) in [5, 5.41) is 23.5. The Morgan fingerprint density at radius 2 is 1.57 bits per heavy atom. The summed E-state index contributed by atoms with van der Waals surface area (Å²) < 4.78 is 0. The third-order valence-corrected chi connectivity index (χ3v) is 6.27. The van der Waals surface area contributed by atoms with E-state index in [4.69, 9.17) is 0 Å².